The number of likely N-dealkylation sites (N-methyl/N-ethyl adjacent to an activating group) is 1. The molecule has 1 amide bonds. The van der Waals surface area contributed by atoms with Gasteiger partial charge in [0.1, 0.15) is 5.58 Å². The van der Waals surface area contributed by atoms with Crippen molar-refractivity contribution in [1.29, 1.82) is 0 Å². The van der Waals surface area contributed by atoms with Gasteiger partial charge in [-0.3, -0.25) is 9.48 Å². The van der Waals surface area contributed by atoms with E-state index in [0.29, 0.717) is 17.7 Å². The molecule has 0 unspecified atom stereocenters. The summed E-state index contributed by atoms with van der Waals surface area (Å²) >= 11 is 0. The minimum absolute atomic E-state index is 0.148. The summed E-state index contributed by atoms with van der Waals surface area (Å²) in [5, 5.41) is 8.18. The maximum atomic E-state index is 12.9. The number of benzene rings is 2. The zero-order chi connectivity index (χ0) is 22.1. The van der Waals surface area contributed by atoms with Gasteiger partial charge in [0.15, 0.2) is 0 Å². The Morgan fingerprint density at radius 1 is 1.00 bits per heavy atom. The lowest BCUT2D eigenvalue weighted by atomic mass is 10.0. The average molecular weight is 430 g/mol. The van der Waals surface area contributed by atoms with Gasteiger partial charge in [-0.25, -0.2) is 0 Å². The smallest absolute Gasteiger partial charge is 0.255 e. The van der Waals surface area contributed by atoms with Crippen molar-refractivity contribution in [3.63, 3.8) is 0 Å². The number of nitrogens with one attached hydrogen (secondary N) is 1. The third-order valence-corrected chi connectivity index (χ3v) is 6.22. The summed E-state index contributed by atoms with van der Waals surface area (Å²) in [5.41, 5.74) is 5.39. The zero-order valence-electron chi connectivity index (χ0n) is 18.4. The van der Waals surface area contributed by atoms with Gasteiger partial charge in [0.05, 0.1) is 17.5 Å². The van der Waals surface area contributed by atoms with Crippen molar-refractivity contribution in [2.24, 2.45) is 7.05 Å². The van der Waals surface area contributed by atoms with Crippen molar-refractivity contribution in [2.45, 2.75) is 6.54 Å². The molecule has 7 nitrogen and oxygen atoms in total. The van der Waals surface area contributed by atoms with E-state index in [-0.39, 0.29) is 5.91 Å². The fraction of sp³-hybridized carbons (Fsp3) is 0.280. The van der Waals surface area contributed by atoms with Gasteiger partial charge >= 0.3 is 0 Å². The molecule has 32 heavy (non-hydrogen) atoms. The monoisotopic (exact) mass is 429 g/mol. The fourth-order valence-corrected chi connectivity index (χ4v) is 4.27. The molecule has 1 saturated heterocycles. The second-order valence-electron chi connectivity index (χ2n) is 8.30. The van der Waals surface area contributed by atoms with Crippen LogP contribution in [0.15, 0.2) is 65.4 Å². The molecule has 0 spiro atoms. The van der Waals surface area contributed by atoms with Crippen LogP contribution in [0, 0.1) is 0 Å². The number of nitrogens with zero attached hydrogens (tertiary/aromatic N) is 4. The number of fused-ring (bicyclic) bond motifs is 1. The van der Waals surface area contributed by atoms with Crippen molar-refractivity contribution >= 4 is 22.6 Å². The lowest BCUT2D eigenvalue weighted by molar-refractivity contribution is 0.0951. The summed E-state index contributed by atoms with van der Waals surface area (Å²) in [7, 11) is 4.06. The van der Waals surface area contributed by atoms with E-state index in [0.717, 1.165) is 48.4 Å². The Hall–Kier alpha value is -3.58. The number of aromatic nitrogens is 2. The number of furan rings is 1. The van der Waals surface area contributed by atoms with Gasteiger partial charge in [-0.1, -0.05) is 18.2 Å². The summed E-state index contributed by atoms with van der Waals surface area (Å²) in [6.45, 7) is 4.71. The minimum Gasteiger partial charge on any atom is -0.463 e. The summed E-state index contributed by atoms with van der Waals surface area (Å²) in [6, 6.07) is 16.1. The van der Waals surface area contributed by atoms with Crippen molar-refractivity contribution in [1.82, 2.24) is 20.0 Å². The quantitative estimate of drug-likeness (QED) is 0.526. The Morgan fingerprint density at radius 2 is 1.78 bits per heavy atom. The van der Waals surface area contributed by atoms with Gasteiger partial charge in [-0.05, 0) is 42.9 Å². The average Bonchev–Trinajstić information content (AvgIpc) is 3.47. The van der Waals surface area contributed by atoms with Crippen LogP contribution in [-0.4, -0.2) is 53.8 Å². The molecule has 2 aromatic heterocycles. The van der Waals surface area contributed by atoms with Crippen LogP contribution < -0.4 is 10.2 Å². The lowest BCUT2D eigenvalue weighted by Crippen LogP contribution is -2.44. The van der Waals surface area contributed by atoms with E-state index in [1.54, 1.807) is 12.5 Å². The van der Waals surface area contributed by atoms with E-state index in [9.17, 15) is 4.79 Å². The number of hydrogen-bond donors (Lipinski definition) is 1. The topological polar surface area (TPSA) is 66.5 Å². The molecule has 1 N–H and O–H groups in total. The summed E-state index contributed by atoms with van der Waals surface area (Å²) in [6.07, 6.45) is 3.38. The molecular weight excluding hydrogens is 402 g/mol. The SMILES string of the molecule is CN1CCN(c2ccc(CNC(=O)c3ccc(-c4ccnn4C)c4ccoc34)cc2)CC1. The van der Waals surface area contributed by atoms with Crippen LogP contribution in [0.4, 0.5) is 5.69 Å². The van der Waals surface area contributed by atoms with Gasteiger partial charge < -0.3 is 19.5 Å². The molecule has 1 aliphatic rings. The van der Waals surface area contributed by atoms with Gasteiger partial charge in [0.25, 0.3) is 5.91 Å². The van der Waals surface area contributed by atoms with E-state index >= 15 is 0 Å². The Bertz CT molecular complexity index is 1230. The first-order valence-corrected chi connectivity index (χ1v) is 10.9. The summed E-state index contributed by atoms with van der Waals surface area (Å²) in [4.78, 5) is 17.7. The van der Waals surface area contributed by atoms with Crippen LogP contribution in [0.5, 0.6) is 0 Å². The number of carbonyl (C=O) groups is 1. The highest BCUT2D eigenvalue weighted by Gasteiger charge is 2.18. The number of carbonyl (C=O) groups excluding carboxylic acids is 1. The van der Waals surface area contributed by atoms with Crippen molar-refractivity contribution in [3.8, 4) is 11.3 Å². The van der Waals surface area contributed by atoms with Crippen LogP contribution in [0.3, 0.4) is 0 Å². The molecule has 1 aliphatic heterocycles. The third-order valence-electron chi connectivity index (χ3n) is 6.22. The lowest BCUT2D eigenvalue weighted by Gasteiger charge is -2.34. The van der Waals surface area contributed by atoms with E-state index in [1.165, 1.54) is 5.69 Å². The van der Waals surface area contributed by atoms with E-state index in [2.05, 4.69) is 51.5 Å². The van der Waals surface area contributed by atoms with Crippen LogP contribution in [0.25, 0.3) is 22.2 Å². The Balaban J connectivity index is 1.29. The summed E-state index contributed by atoms with van der Waals surface area (Å²) in [5.74, 6) is -0.148. The molecule has 0 atom stereocenters. The first-order chi connectivity index (χ1) is 15.6. The maximum Gasteiger partial charge on any atom is 0.255 e. The Kier molecular flexibility index (Phi) is 5.41. The van der Waals surface area contributed by atoms with Crippen molar-refractivity contribution in [2.75, 3.05) is 38.1 Å². The van der Waals surface area contributed by atoms with Crippen LogP contribution in [0.1, 0.15) is 15.9 Å². The van der Waals surface area contributed by atoms with E-state index in [1.807, 2.05) is 36.0 Å². The zero-order valence-corrected chi connectivity index (χ0v) is 18.4. The number of aryl methyl sites for hydroxylation is 1. The van der Waals surface area contributed by atoms with Gasteiger partial charge in [0.2, 0.25) is 0 Å². The first kappa shape index (κ1) is 20.3. The predicted molar refractivity (Wildman–Crippen MR) is 126 cm³/mol. The number of amides is 1. The van der Waals surface area contributed by atoms with Gasteiger partial charge in [-0.15, -0.1) is 0 Å². The molecule has 1 fully saturated rings. The van der Waals surface area contributed by atoms with Crippen LogP contribution in [0.2, 0.25) is 0 Å². The fourth-order valence-electron chi connectivity index (χ4n) is 4.27. The standard InChI is InChI=1S/C25H27N5O2/c1-28-12-14-30(15-13-28)19-5-3-18(4-6-19)17-26-25(31)22-8-7-20(21-10-16-32-24(21)22)23-9-11-27-29(23)2/h3-11,16H,12-15,17H2,1-2H3,(H,26,31). The maximum absolute atomic E-state index is 12.9. The molecule has 2 aromatic carbocycles. The molecule has 0 radical (unpaired) electrons. The number of piperazine rings is 1. The highest BCUT2D eigenvalue weighted by atomic mass is 16.3. The molecule has 5 rings (SSSR count). The predicted octanol–water partition coefficient (Wildman–Crippen LogP) is 3.52. The highest BCUT2D eigenvalue weighted by Crippen LogP contribution is 2.31. The molecule has 7 heteroatoms. The molecular formula is C25H27N5O2. The first-order valence-electron chi connectivity index (χ1n) is 10.9. The van der Waals surface area contributed by atoms with Crippen LogP contribution >= 0.6 is 0 Å². The van der Waals surface area contributed by atoms with Gasteiger partial charge in [-0.2, -0.15) is 5.10 Å². The number of rotatable bonds is 5. The molecule has 4 aromatic rings. The molecule has 3 heterocycles. The Morgan fingerprint density at radius 3 is 2.50 bits per heavy atom. The normalized spacial score (nSPS) is 14.8. The highest BCUT2D eigenvalue weighted by molar-refractivity contribution is 6.08. The van der Waals surface area contributed by atoms with Crippen LogP contribution in [-0.2, 0) is 13.6 Å². The second kappa shape index (κ2) is 8.51. The Labute approximate surface area is 187 Å². The third kappa shape index (κ3) is 3.87. The number of anilines is 1. The van der Waals surface area contributed by atoms with Gasteiger partial charge in [0, 0.05) is 62.6 Å². The van der Waals surface area contributed by atoms with E-state index < -0.39 is 0 Å². The second-order valence-corrected chi connectivity index (χ2v) is 8.30. The minimum atomic E-state index is -0.148. The molecule has 0 bridgehead atoms. The molecule has 164 valence electrons. The van der Waals surface area contributed by atoms with Crippen molar-refractivity contribution < 1.29 is 9.21 Å². The van der Waals surface area contributed by atoms with Crippen molar-refractivity contribution in [3.05, 3.63) is 72.1 Å². The van der Waals surface area contributed by atoms with E-state index in [4.69, 9.17) is 4.42 Å². The molecule has 0 saturated carbocycles. The molecule has 0 aliphatic carbocycles. The largest absolute Gasteiger partial charge is 0.463 e. The summed E-state index contributed by atoms with van der Waals surface area (Å²) < 4.78 is 7.50. The number of hydrogen-bond acceptors (Lipinski definition) is 5.